The Labute approximate surface area is 259 Å². The van der Waals surface area contributed by atoms with Crippen LogP contribution in [0.4, 0.5) is 15.3 Å². The number of rotatable bonds is 9. The van der Waals surface area contributed by atoms with Gasteiger partial charge in [-0.2, -0.15) is 0 Å². The Morgan fingerprint density at radius 3 is 2.18 bits per heavy atom. The molecule has 0 spiro atoms. The van der Waals surface area contributed by atoms with E-state index < -0.39 is 27.5 Å². The second-order valence-electron chi connectivity index (χ2n) is 12.2. The van der Waals surface area contributed by atoms with Crippen molar-refractivity contribution in [3.63, 3.8) is 0 Å². The van der Waals surface area contributed by atoms with Gasteiger partial charge in [-0.15, -0.1) is 0 Å². The van der Waals surface area contributed by atoms with E-state index in [1.807, 2.05) is 30.3 Å². The largest absolute Gasteiger partial charge is 0.445 e. The number of piperidine rings is 1. The molecule has 4 amide bonds. The summed E-state index contributed by atoms with van der Waals surface area (Å²) in [5, 5.41) is 5.73. The molecule has 3 N–H and O–H groups in total. The zero-order chi connectivity index (χ0) is 31.7. The van der Waals surface area contributed by atoms with Gasteiger partial charge >= 0.3 is 12.1 Å². The molecule has 2 fully saturated rings. The van der Waals surface area contributed by atoms with E-state index in [1.54, 1.807) is 30.6 Å². The number of carbonyl (C=O) groups excluding carboxylic acids is 3. The van der Waals surface area contributed by atoms with Crippen LogP contribution in [-0.4, -0.2) is 87.2 Å². The van der Waals surface area contributed by atoms with E-state index in [1.165, 1.54) is 24.3 Å². The van der Waals surface area contributed by atoms with Gasteiger partial charge in [0.1, 0.15) is 12.6 Å². The van der Waals surface area contributed by atoms with Crippen molar-refractivity contribution in [3.8, 4) is 0 Å². The lowest BCUT2D eigenvalue weighted by Gasteiger charge is -2.34. The van der Waals surface area contributed by atoms with E-state index >= 15 is 0 Å². The fourth-order valence-corrected chi connectivity index (χ4v) is 6.56. The van der Waals surface area contributed by atoms with Crippen LogP contribution in [0.1, 0.15) is 45.6 Å². The topological polar surface area (TPSA) is 146 Å². The third-order valence-corrected chi connectivity index (χ3v) is 9.21. The van der Waals surface area contributed by atoms with Crippen molar-refractivity contribution in [1.29, 1.82) is 0 Å². The highest BCUT2D eigenvalue weighted by molar-refractivity contribution is 7.89. The standard InChI is InChI=1S/C31H43N5O7S/c1-31(2,3)34-44(40,41)26-11-9-25(10-12-26)32-28(37)27(33-29(38)35-17-19-42-20-18-35)21-23-13-15-36(16-14-23)30(39)43-22-24-7-5-4-6-8-24/h4-12,23,27,34H,13-22H2,1-3H3,(H,32,37)(H,33,38)/t27-/m0/s1. The van der Waals surface area contributed by atoms with Gasteiger partial charge in [-0.05, 0) is 75.8 Å². The molecular weight excluding hydrogens is 586 g/mol. The van der Waals surface area contributed by atoms with Crippen molar-refractivity contribution >= 4 is 33.7 Å². The summed E-state index contributed by atoms with van der Waals surface area (Å²) in [5.41, 5.74) is 0.681. The predicted octanol–water partition coefficient (Wildman–Crippen LogP) is 3.55. The summed E-state index contributed by atoms with van der Waals surface area (Å²) < 4.78 is 38.7. The Balaban J connectivity index is 1.36. The van der Waals surface area contributed by atoms with E-state index in [4.69, 9.17) is 9.47 Å². The fraction of sp³-hybridized carbons (Fsp3) is 0.516. The molecule has 0 bridgehead atoms. The van der Waals surface area contributed by atoms with E-state index in [2.05, 4.69) is 15.4 Å². The molecule has 2 aliphatic rings. The van der Waals surface area contributed by atoms with Crippen LogP contribution in [0.25, 0.3) is 0 Å². The van der Waals surface area contributed by atoms with Crippen molar-refractivity contribution in [3.05, 3.63) is 60.2 Å². The lowest BCUT2D eigenvalue weighted by atomic mass is 9.90. The maximum atomic E-state index is 13.5. The summed E-state index contributed by atoms with van der Waals surface area (Å²) in [6, 6.07) is 14.2. The van der Waals surface area contributed by atoms with Crippen LogP contribution in [0.2, 0.25) is 0 Å². The molecule has 2 aromatic carbocycles. The summed E-state index contributed by atoms with van der Waals surface area (Å²) in [4.78, 5) is 42.5. The van der Waals surface area contributed by atoms with E-state index in [9.17, 15) is 22.8 Å². The first-order chi connectivity index (χ1) is 20.9. The average Bonchev–Trinajstić information content (AvgIpc) is 3.00. The number of hydrogen-bond acceptors (Lipinski definition) is 7. The van der Waals surface area contributed by atoms with Crippen molar-refractivity contribution < 1.29 is 32.3 Å². The van der Waals surface area contributed by atoms with Crippen molar-refractivity contribution in [2.75, 3.05) is 44.7 Å². The minimum absolute atomic E-state index is 0.0802. The first-order valence-electron chi connectivity index (χ1n) is 14.9. The minimum atomic E-state index is -3.73. The van der Waals surface area contributed by atoms with Crippen molar-refractivity contribution in [2.45, 2.75) is 63.1 Å². The van der Waals surface area contributed by atoms with Gasteiger partial charge in [-0.25, -0.2) is 22.7 Å². The van der Waals surface area contributed by atoms with Crippen LogP contribution in [-0.2, 0) is 30.9 Å². The van der Waals surface area contributed by atoms with Gasteiger partial charge in [0.05, 0.1) is 18.1 Å². The fourth-order valence-electron chi connectivity index (χ4n) is 5.14. The SMILES string of the molecule is CC(C)(C)NS(=O)(=O)c1ccc(NC(=O)[C@H](CC2CCN(C(=O)OCc3ccccc3)CC2)NC(=O)N2CCOCC2)cc1. The molecule has 44 heavy (non-hydrogen) atoms. The molecule has 2 heterocycles. The Morgan fingerprint density at radius 1 is 0.932 bits per heavy atom. The number of nitrogens with zero attached hydrogens (tertiary/aromatic N) is 2. The highest BCUT2D eigenvalue weighted by Crippen LogP contribution is 2.24. The second-order valence-corrected chi connectivity index (χ2v) is 13.9. The van der Waals surface area contributed by atoms with E-state index in [0.29, 0.717) is 64.3 Å². The molecule has 240 valence electrons. The number of carbonyl (C=O) groups is 3. The Bertz CT molecular complexity index is 1370. The van der Waals surface area contributed by atoms with Crippen LogP contribution in [0.5, 0.6) is 0 Å². The maximum Gasteiger partial charge on any atom is 0.410 e. The van der Waals surface area contributed by atoms with E-state index in [-0.39, 0.29) is 29.5 Å². The van der Waals surface area contributed by atoms with Gasteiger partial charge in [-0.1, -0.05) is 30.3 Å². The molecule has 4 rings (SSSR count). The predicted molar refractivity (Wildman–Crippen MR) is 165 cm³/mol. The number of likely N-dealkylation sites (tertiary alicyclic amines) is 1. The zero-order valence-corrected chi connectivity index (χ0v) is 26.4. The van der Waals surface area contributed by atoms with Crippen LogP contribution < -0.4 is 15.4 Å². The lowest BCUT2D eigenvalue weighted by molar-refractivity contribution is -0.118. The van der Waals surface area contributed by atoms with Gasteiger partial charge in [0.2, 0.25) is 15.9 Å². The summed E-state index contributed by atoms with van der Waals surface area (Å²) >= 11 is 0. The summed E-state index contributed by atoms with van der Waals surface area (Å²) in [7, 11) is -3.73. The molecule has 0 radical (unpaired) electrons. The van der Waals surface area contributed by atoms with Crippen molar-refractivity contribution in [2.24, 2.45) is 5.92 Å². The number of hydrogen-bond donors (Lipinski definition) is 3. The molecule has 1 atom stereocenters. The van der Waals surface area contributed by atoms with Gasteiger partial charge in [0.15, 0.2) is 0 Å². The minimum Gasteiger partial charge on any atom is -0.445 e. The number of morpholine rings is 1. The number of benzene rings is 2. The van der Waals surface area contributed by atoms with Crippen LogP contribution in [0.3, 0.4) is 0 Å². The number of nitrogens with one attached hydrogen (secondary N) is 3. The summed E-state index contributed by atoms with van der Waals surface area (Å²) in [6.45, 7) is 8.18. The molecule has 0 saturated carbocycles. The third kappa shape index (κ3) is 9.93. The molecule has 2 aliphatic heterocycles. The highest BCUT2D eigenvalue weighted by atomic mass is 32.2. The lowest BCUT2D eigenvalue weighted by Crippen LogP contribution is -2.53. The maximum absolute atomic E-state index is 13.5. The van der Waals surface area contributed by atoms with Gasteiger partial charge in [0, 0.05) is 37.4 Å². The molecule has 0 aliphatic carbocycles. The number of sulfonamides is 1. The van der Waals surface area contributed by atoms with Gasteiger partial charge in [0.25, 0.3) is 0 Å². The monoisotopic (exact) mass is 629 g/mol. The molecule has 2 aromatic rings. The molecule has 12 nitrogen and oxygen atoms in total. The Morgan fingerprint density at radius 2 is 1.57 bits per heavy atom. The average molecular weight is 630 g/mol. The van der Waals surface area contributed by atoms with Crippen LogP contribution in [0.15, 0.2) is 59.5 Å². The molecule has 2 saturated heterocycles. The summed E-state index contributed by atoms with van der Waals surface area (Å²) in [5.74, 6) is -0.315. The number of amides is 4. The van der Waals surface area contributed by atoms with E-state index in [0.717, 1.165) is 5.56 Å². The van der Waals surface area contributed by atoms with Gasteiger partial charge in [-0.3, -0.25) is 4.79 Å². The number of urea groups is 1. The first-order valence-corrected chi connectivity index (χ1v) is 16.4. The van der Waals surface area contributed by atoms with Crippen molar-refractivity contribution in [1.82, 2.24) is 19.8 Å². The van der Waals surface area contributed by atoms with Crippen LogP contribution >= 0.6 is 0 Å². The molecule has 13 heteroatoms. The molecule has 0 aromatic heterocycles. The van der Waals surface area contributed by atoms with Gasteiger partial charge < -0.3 is 29.9 Å². The smallest absolute Gasteiger partial charge is 0.410 e. The summed E-state index contributed by atoms with van der Waals surface area (Å²) in [6.07, 6.45) is 1.33. The van der Waals surface area contributed by atoms with Crippen LogP contribution in [0, 0.1) is 5.92 Å². The quantitative estimate of drug-likeness (QED) is 0.385. The Hall–Kier alpha value is -3.68. The number of ether oxygens (including phenoxy) is 2. The number of anilines is 1. The molecule has 0 unspecified atom stereocenters. The Kier molecular flexibility index (Phi) is 11.2. The molecular formula is C31H43N5O7S. The third-order valence-electron chi connectivity index (χ3n) is 7.43. The second kappa shape index (κ2) is 14.9. The first kappa shape index (κ1) is 33.2. The highest BCUT2D eigenvalue weighted by Gasteiger charge is 2.31. The normalized spacial score (nSPS) is 17.1. The zero-order valence-electron chi connectivity index (χ0n) is 25.6.